The van der Waals surface area contributed by atoms with E-state index < -0.39 is 12.1 Å². The first kappa shape index (κ1) is 17.5. The predicted molar refractivity (Wildman–Crippen MR) is 97.4 cm³/mol. The third-order valence-electron chi connectivity index (χ3n) is 4.48. The van der Waals surface area contributed by atoms with Crippen LogP contribution in [0, 0.1) is 0 Å². The molecule has 0 spiro atoms. The van der Waals surface area contributed by atoms with E-state index in [1.165, 1.54) is 10.4 Å². The van der Waals surface area contributed by atoms with Crippen molar-refractivity contribution in [2.75, 3.05) is 6.54 Å². The number of amides is 2. The fourth-order valence-corrected chi connectivity index (χ4v) is 4.03. The van der Waals surface area contributed by atoms with E-state index >= 15 is 0 Å². The molecule has 0 fully saturated rings. The fourth-order valence-electron chi connectivity index (χ4n) is 3.06. The third kappa shape index (κ3) is 4.02. The molecule has 0 radical (unpaired) electrons. The Balaban J connectivity index is 1.53. The number of thiophene rings is 1. The maximum absolute atomic E-state index is 12.7. The number of nitrogens with zero attached hydrogens (tertiary/aromatic N) is 1. The molecule has 1 aliphatic rings. The summed E-state index contributed by atoms with van der Waals surface area (Å²) in [6.45, 7) is 4.59. The molecule has 132 valence electrons. The van der Waals surface area contributed by atoms with Crippen LogP contribution in [-0.2, 0) is 22.6 Å². The smallest absolute Gasteiger partial charge is 0.408 e. The zero-order valence-electron chi connectivity index (χ0n) is 14.4. The molecule has 2 unspecified atom stereocenters. The predicted octanol–water partition coefficient (Wildman–Crippen LogP) is 3.51. The number of alkyl carbamates (subject to hydrolysis) is 1. The van der Waals surface area contributed by atoms with Crippen LogP contribution < -0.4 is 5.32 Å². The van der Waals surface area contributed by atoms with Gasteiger partial charge in [-0.15, -0.1) is 11.3 Å². The van der Waals surface area contributed by atoms with Crippen LogP contribution in [0.1, 0.15) is 35.9 Å². The lowest BCUT2D eigenvalue weighted by molar-refractivity contribution is -0.135. The lowest BCUT2D eigenvalue weighted by Gasteiger charge is -2.35. The molecule has 2 atom stereocenters. The number of fused-ring (bicyclic) bond motifs is 1. The van der Waals surface area contributed by atoms with Crippen LogP contribution in [-0.4, -0.2) is 29.5 Å². The van der Waals surface area contributed by atoms with E-state index in [-0.39, 0.29) is 18.6 Å². The highest BCUT2D eigenvalue weighted by Crippen LogP contribution is 2.33. The zero-order chi connectivity index (χ0) is 17.8. The molecule has 0 aliphatic carbocycles. The maximum Gasteiger partial charge on any atom is 0.408 e. The largest absolute Gasteiger partial charge is 0.445 e. The normalized spacial score (nSPS) is 17.5. The highest BCUT2D eigenvalue weighted by atomic mass is 32.1. The van der Waals surface area contributed by atoms with Crippen LogP contribution in [0.4, 0.5) is 4.79 Å². The molecule has 1 N–H and O–H groups in total. The summed E-state index contributed by atoms with van der Waals surface area (Å²) < 4.78 is 5.19. The first-order chi connectivity index (χ1) is 12.1. The Kier molecular flexibility index (Phi) is 5.38. The number of benzene rings is 1. The second-order valence-corrected chi connectivity index (χ2v) is 7.19. The van der Waals surface area contributed by atoms with Crippen molar-refractivity contribution in [3.05, 3.63) is 57.8 Å². The quantitative estimate of drug-likeness (QED) is 0.910. The van der Waals surface area contributed by atoms with Crippen LogP contribution in [0.3, 0.4) is 0 Å². The van der Waals surface area contributed by atoms with Crippen LogP contribution >= 0.6 is 11.3 Å². The van der Waals surface area contributed by atoms with Gasteiger partial charge in [-0.3, -0.25) is 4.79 Å². The Morgan fingerprint density at radius 3 is 2.84 bits per heavy atom. The first-order valence-corrected chi connectivity index (χ1v) is 9.28. The molecular formula is C19H22N2O3S. The van der Waals surface area contributed by atoms with Gasteiger partial charge in [-0.25, -0.2) is 4.79 Å². The van der Waals surface area contributed by atoms with Crippen molar-refractivity contribution >= 4 is 23.3 Å². The lowest BCUT2D eigenvalue weighted by Crippen LogP contribution is -2.49. The summed E-state index contributed by atoms with van der Waals surface area (Å²) in [6.07, 6.45) is 0.291. The Morgan fingerprint density at radius 2 is 2.08 bits per heavy atom. The van der Waals surface area contributed by atoms with Gasteiger partial charge in [0, 0.05) is 11.4 Å². The minimum Gasteiger partial charge on any atom is -0.445 e. The summed E-state index contributed by atoms with van der Waals surface area (Å²) in [4.78, 5) is 27.8. The van der Waals surface area contributed by atoms with Crippen LogP contribution in [0.15, 0.2) is 41.8 Å². The lowest BCUT2D eigenvalue weighted by atomic mass is 10.0. The molecule has 2 aromatic rings. The molecule has 1 aliphatic heterocycles. The number of nitrogens with one attached hydrogen (secondary N) is 1. The summed E-state index contributed by atoms with van der Waals surface area (Å²) in [5.74, 6) is -0.0824. The van der Waals surface area contributed by atoms with E-state index in [9.17, 15) is 9.59 Å². The first-order valence-electron chi connectivity index (χ1n) is 8.40. The Hall–Kier alpha value is -2.34. The summed E-state index contributed by atoms with van der Waals surface area (Å²) in [5, 5.41) is 4.70. The van der Waals surface area contributed by atoms with Crippen molar-refractivity contribution < 1.29 is 14.3 Å². The molecule has 25 heavy (non-hydrogen) atoms. The van der Waals surface area contributed by atoms with Gasteiger partial charge in [-0.1, -0.05) is 30.3 Å². The minimum atomic E-state index is -0.620. The topological polar surface area (TPSA) is 58.6 Å². The molecule has 0 bridgehead atoms. The molecule has 0 saturated heterocycles. The van der Waals surface area contributed by atoms with Crippen molar-refractivity contribution in [2.24, 2.45) is 0 Å². The van der Waals surface area contributed by atoms with Crippen LogP contribution in [0.25, 0.3) is 0 Å². The van der Waals surface area contributed by atoms with Gasteiger partial charge in [-0.2, -0.15) is 0 Å². The fraction of sp³-hybridized carbons (Fsp3) is 0.368. The second-order valence-electron chi connectivity index (χ2n) is 6.18. The number of carbonyl (C=O) groups excluding carboxylic acids is 2. The van der Waals surface area contributed by atoms with Crippen molar-refractivity contribution in [3.63, 3.8) is 0 Å². The molecule has 3 rings (SSSR count). The van der Waals surface area contributed by atoms with Crippen LogP contribution in [0.5, 0.6) is 0 Å². The van der Waals surface area contributed by atoms with E-state index in [0.717, 1.165) is 12.0 Å². The Bertz CT molecular complexity index is 744. The van der Waals surface area contributed by atoms with E-state index in [1.807, 2.05) is 42.2 Å². The molecule has 6 heteroatoms. The minimum absolute atomic E-state index is 0.0343. The van der Waals surface area contributed by atoms with Crippen molar-refractivity contribution in [1.82, 2.24) is 10.2 Å². The molecular weight excluding hydrogens is 336 g/mol. The summed E-state index contributed by atoms with van der Waals surface area (Å²) in [5.41, 5.74) is 2.12. The average molecular weight is 358 g/mol. The Morgan fingerprint density at radius 1 is 1.32 bits per heavy atom. The standard InChI is InChI=1S/C19H22N2O3S/c1-13(20-19(23)24-12-15-6-4-3-5-7-15)18(22)21-10-8-17-16(14(21)2)9-11-25-17/h3-7,9,11,13-14H,8,10,12H2,1-2H3,(H,20,23). The molecule has 2 amide bonds. The van der Waals surface area contributed by atoms with Crippen molar-refractivity contribution in [3.8, 4) is 0 Å². The second kappa shape index (κ2) is 7.70. The highest BCUT2D eigenvalue weighted by Gasteiger charge is 2.31. The van der Waals surface area contributed by atoms with Gasteiger partial charge in [0.05, 0.1) is 6.04 Å². The number of rotatable bonds is 4. The third-order valence-corrected chi connectivity index (χ3v) is 5.47. The van der Waals surface area contributed by atoms with Gasteiger partial charge >= 0.3 is 6.09 Å². The van der Waals surface area contributed by atoms with Gasteiger partial charge in [0.1, 0.15) is 12.6 Å². The number of hydrogen-bond acceptors (Lipinski definition) is 4. The van der Waals surface area contributed by atoms with Crippen molar-refractivity contribution in [2.45, 2.75) is 39.0 Å². The molecule has 1 aromatic heterocycles. The average Bonchev–Trinajstić information content (AvgIpc) is 3.10. The molecule has 0 saturated carbocycles. The van der Waals surface area contributed by atoms with E-state index in [0.29, 0.717) is 6.54 Å². The van der Waals surface area contributed by atoms with Gasteiger partial charge < -0.3 is 15.0 Å². The number of ether oxygens (including phenoxy) is 1. The summed E-state index contributed by atoms with van der Waals surface area (Å²) in [6, 6.07) is 10.9. The van der Waals surface area contributed by atoms with Gasteiger partial charge in [0.15, 0.2) is 0 Å². The van der Waals surface area contributed by atoms with Gasteiger partial charge in [-0.05, 0) is 42.8 Å². The summed E-state index contributed by atoms with van der Waals surface area (Å²) in [7, 11) is 0. The van der Waals surface area contributed by atoms with Crippen LogP contribution in [0.2, 0.25) is 0 Å². The van der Waals surface area contributed by atoms with Crippen molar-refractivity contribution in [1.29, 1.82) is 0 Å². The monoisotopic (exact) mass is 358 g/mol. The van der Waals surface area contributed by atoms with E-state index in [4.69, 9.17) is 4.74 Å². The molecule has 2 heterocycles. The molecule has 1 aromatic carbocycles. The van der Waals surface area contributed by atoms with E-state index in [2.05, 4.69) is 16.8 Å². The highest BCUT2D eigenvalue weighted by molar-refractivity contribution is 7.10. The maximum atomic E-state index is 12.7. The van der Waals surface area contributed by atoms with Gasteiger partial charge in [0.25, 0.3) is 0 Å². The zero-order valence-corrected chi connectivity index (χ0v) is 15.2. The number of hydrogen-bond donors (Lipinski definition) is 1. The summed E-state index contributed by atoms with van der Waals surface area (Å²) >= 11 is 1.74. The molecule has 5 nitrogen and oxygen atoms in total. The Labute approximate surface area is 151 Å². The SMILES string of the molecule is CC(NC(=O)OCc1ccccc1)C(=O)N1CCc2sccc2C1C. The van der Waals surface area contributed by atoms with E-state index in [1.54, 1.807) is 18.3 Å². The number of carbonyl (C=O) groups is 2. The van der Waals surface area contributed by atoms with Gasteiger partial charge in [0.2, 0.25) is 5.91 Å².